The molecule has 0 aromatic heterocycles. The molecule has 2 aromatic carbocycles. The van der Waals surface area contributed by atoms with E-state index in [1.807, 2.05) is 30.3 Å². The van der Waals surface area contributed by atoms with Crippen LogP contribution in [0.2, 0.25) is 0 Å². The third-order valence-electron chi connectivity index (χ3n) is 2.96. The quantitative estimate of drug-likeness (QED) is 0.887. The summed E-state index contributed by atoms with van der Waals surface area (Å²) >= 11 is 0. The molecule has 0 aliphatic heterocycles. The van der Waals surface area contributed by atoms with Gasteiger partial charge in [0.15, 0.2) is 6.61 Å². The summed E-state index contributed by atoms with van der Waals surface area (Å²) in [4.78, 5) is 11.8. The summed E-state index contributed by atoms with van der Waals surface area (Å²) in [6.07, 6.45) is 0. The zero-order valence-corrected chi connectivity index (χ0v) is 12.2. The number of nitrogens with one attached hydrogen (secondary N) is 1. The van der Waals surface area contributed by atoms with Crippen LogP contribution in [0.25, 0.3) is 0 Å². The van der Waals surface area contributed by atoms with Crippen LogP contribution in [0.15, 0.2) is 48.5 Å². The first-order valence-electron chi connectivity index (χ1n) is 6.74. The normalized spacial score (nSPS) is 9.64. The van der Waals surface area contributed by atoms with Crippen LogP contribution in [0.1, 0.15) is 11.1 Å². The minimum Gasteiger partial charge on any atom is -0.497 e. The molecule has 0 saturated carbocycles. The van der Waals surface area contributed by atoms with E-state index in [1.54, 1.807) is 31.4 Å². The van der Waals surface area contributed by atoms with Crippen LogP contribution in [0.3, 0.4) is 0 Å². The highest BCUT2D eigenvalue weighted by molar-refractivity contribution is 5.77. The van der Waals surface area contributed by atoms with Crippen LogP contribution >= 0.6 is 0 Å². The minimum absolute atomic E-state index is 0.0984. The van der Waals surface area contributed by atoms with Crippen LogP contribution in [-0.4, -0.2) is 19.6 Å². The number of ether oxygens (including phenoxy) is 2. The molecule has 0 atom stereocenters. The average molecular weight is 296 g/mol. The molecule has 2 aromatic rings. The molecule has 0 heterocycles. The molecule has 0 fully saturated rings. The molecule has 0 radical (unpaired) electrons. The van der Waals surface area contributed by atoms with Gasteiger partial charge in [-0.05, 0) is 35.9 Å². The molecule has 0 aliphatic rings. The highest BCUT2D eigenvalue weighted by Crippen LogP contribution is 2.13. The van der Waals surface area contributed by atoms with Crippen molar-refractivity contribution in [3.8, 4) is 17.6 Å². The number of carbonyl (C=O) groups is 1. The van der Waals surface area contributed by atoms with Crippen molar-refractivity contribution >= 4 is 5.91 Å². The smallest absolute Gasteiger partial charge is 0.258 e. The van der Waals surface area contributed by atoms with Gasteiger partial charge in [0.1, 0.15) is 11.5 Å². The lowest BCUT2D eigenvalue weighted by Crippen LogP contribution is -2.28. The van der Waals surface area contributed by atoms with Crippen molar-refractivity contribution in [2.45, 2.75) is 6.54 Å². The van der Waals surface area contributed by atoms with Crippen molar-refractivity contribution in [2.75, 3.05) is 13.7 Å². The Balaban J connectivity index is 1.81. The first-order valence-corrected chi connectivity index (χ1v) is 6.74. The molecule has 1 N–H and O–H groups in total. The lowest BCUT2D eigenvalue weighted by atomic mass is 10.2. The number of methoxy groups -OCH3 is 1. The fraction of sp³-hybridized carbons (Fsp3) is 0.176. The number of nitrogens with zero attached hydrogens (tertiary/aromatic N) is 1. The van der Waals surface area contributed by atoms with E-state index < -0.39 is 0 Å². The molecule has 5 nitrogen and oxygen atoms in total. The molecule has 0 spiro atoms. The van der Waals surface area contributed by atoms with Gasteiger partial charge in [0.25, 0.3) is 5.91 Å². The number of hydrogen-bond acceptors (Lipinski definition) is 4. The van der Waals surface area contributed by atoms with Crippen molar-refractivity contribution in [3.05, 3.63) is 59.7 Å². The summed E-state index contributed by atoms with van der Waals surface area (Å²) in [7, 11) is 1.60. The third kappa shape index (κ3) is 4.53. The van der Waals surface area contributed by atoms with Crippen molar-refractivity contribution in [1.82, 2.24) is 5.32 Å². The molecule has 5 heteroatoms. The summed E-state index contributed by atoms with van der Waals surface area (Å²) < 4.78 is 10.5. The Morgan fingerprint density at radius 2 is 1.95 bits per heavy atom. The van der Waals surface area contributed by atoms with Gasteiger partial charge in [0.05, 0.1) is 18.7 Å². The Labute approximate surface area is 129 Å². The molecule has 0 unspecified atom stereocenters. The summed E-state index contributed by atoms with van der Waals surface area (Å²) in [5.41, 5.74) is 1.44. The van der Waals surface area contributed by atoms with Crippen LogP contribution in [0.4, 0.5) is 0 Å². The molecule has 112 valence electrons. The molecule has 0 aliphatic carbocycles. The third-order valence-corrected chi connectivity index (χ3v) is 2.96. The van der Waals surface area contributed by atoms with Crippen LogP contribution < -0.4 is 14.8 Å². The van der Waals surface area contributed by atoms with E-state index in [4.69, 9.17) is 14.7 Å². The van der Waals surface area contributed by atoms with Crippen molar-refractivity contribution < 1.29 is 14.3 Å². The second kappa shape index (κ2) is 7.70. The van der Waals surface area contributed by atoms with Gasteiger partial charge in [0, 0.05) is 6.54 Å². The SMILES string of the molecule is COc1cccc(CNC(=O)COc2cccc(C#N)c2)c1. The van der Waals surface area contributed by atoms with Crippen molar-refractivity contribution in [3.63, 3.8) is 0 Å². The number of amides is 1. The Kier molecular flexibility index (Phi) is 5.38. The van der Waals surface area contributed by atoms with Crippen molar-refractivity contribution in [1.29, 1.82) is 5.26 Å². The Hall–Kier alpha value is -3.00. The average Bonchev–Trinajstić information content (AvgIpc) is 2.58. The van der Waals surface area contributed by atoms with Gasteiger partial charge < -0.3 is 14.8 Å². The minimum atomic E-state index is -0.231. The zero-order chi connectivity index (χ0) is 15.8. The maximum atomic E-state index is 11.8. The molecule has 0 saturated heterocycles. The Morgan fingerprint density at radius 1 is 1.18 bits per heavy atom. The molecular formula is C17H16N2O3. The molecule has 1 amide bonds. The second-order valence-corrected chi connectivity index (χ2v) is 4.56. The van der Waals surface area contributed by atoms with Gasteiger partial charge in [0.2, 0.25) is 0 Å². The van der Waals surface area contributed by atoms with E-state index in [1.165, 1.54) is 0 Å². The number of hydrogen-bond donors (Lipinski definition) is 1. The van der Waals surface area contributed by atoms with Crippen LogP contribution in [-0.2, 0) is 11.3 Å². The van der Waals surface area contributed by atoms with Gasteiger partial charge in [-0.3, -0.25) is 4.79 Å². The zero-order valence-electron chi connectivity index (χ0n) is 12.2. The fourth-order valence-electron chi connectivity index (χ4n) is 1.84. The molecule has 0 bridgehead atoms. The number of rotatable bonds is 6. The van der Waals surface area contributed by atoms with Gasteiger partial charge in [-0.25, -0.2) is 0 Å². The topological polar surface area (TPSA) is 71.3 Å². The summed E-state index contributed by atoms with van der Waals surface area (Å²) in [5.74, 6) is 1.01. The first kappa shape index (κ1) is 15.4. The van der Waals surface area contributed by atoms with Crippen molar-refractivity contribution in [2.24, 2.45) is 0 Å². The summed E-state index contributed by atoms with van der Waals surface area (Å²) in [6, 6.07) is 16.2. The number of benzene rings is 2. The van der Waals surface area contributed by atoms with E-state index in [9.17, 15) is 4.79 Å². The van der Waals surface area contributed by atoms with Gasteiger partial charge in [-0.15, -0.1) is 0 Å². The highest BCUT2D eigenvalue weighted by Gasteiger charge is 2.04. The lowest BCUT2D eigenvalue weighted by Gasteiger charge is -2.08. The molecular weight excluding hydrogens is 280 g/mol. The number of nitriles is 1. The first-order chi connectivity index (χ1) is 10.7. The Bertz CT molecular complexity index is 692. The van der Waals surface area contributed by atoms with E-state index >= 15 is 0 Å². The van der Waals surface area contributed by atoms with Gasteiger partial charge in [-0.2, -0.15) is 5.26 Å². The second-order valence-electron chi connectivity index (χ2n) is 4.56. The Morgan fingerprint density at radius 3 is 2.73 bits per heavy atom. The van der Waals surface area contributed by atoms with E-state index in [2.05, 4.69) is 5.32 Å². The predicted octanol–water partition coefficient (Wildman–Crippen LogP) is 2.26. The standard InChI is InChI=1S/C17H16N2O3/c1-21-15-6-3-5-14(9-15)11-19-17(20)12-22-16-7-2-4-13(8-16)10-18/h2-9H,11-12H2,1H3,(H,19,20). The maximum Gasteiger partial charge on any atom is 0.258 e. The molecule has 22 heavy (non-hydrogen) atoms. The van der Waals surface area contributed by atoms with E-state index in [0.717, 1.165) is 11.3 Å². The van der Waals surface area contributed by atoms with Gasteiger partial charge in [-0.1, -0.05) is 18.2 Å². The van der Waals surface area contributed by atoms with E-state index in [-0.39, 0.29) is 12.5 Å². The van der Waals surface area contributed by atoms with E-state index in [0.29, 0.717) is 17.9 Å². The number of carbonyl (C=O) groups excluding carboxylic acids is 1. The largest absolute Gasteiger partial charge is 0.497 e. The highest BCUT2D eigenvalue weighted by atomic mass is 16.5. The molecule has 2 rings (SSSR count). The fourth-order valence-corrected chi connectivity index (χ4v) is 1.84. The van der Waals surface area contributed by atoms with Gasteiger partial charge >= 0.3 is 0 Å². The predicted molar refractivity (Wildman–Crippen MR) is 81.5 cm³/mol. The summed E-state index contributed by atoms with van der Waals surface area (Å²) in [6.45, 7) is 0.302. The lowest BCUT2D eigenvalue weighted by molar-refractivity contribution is -0.123. The maximum absolute atomic E-state index is 11.8. The summed E-state index contributed by atoms with van der Waals surface area (Å²) in [5, 5.41) is 11.6. The monoisotopic (exact) mass is 296 g/mol. The van der Waals surface area contributed by atoms with Crippen LogP contribution in [0.5, 0.6) is 11.5 Å². The van der Waals surface area contributed by atoms with Crippen LogP contribution in [0, 0.1) is 11.3 Å².